The van der Waals surface area contributed by atoms with Gasteiger partial charge in [-0.15, -0.1) is 0 Å². The molecule has 0 spiro atoms. The normalized spacial score (nSPS) is 21.9. The zero-order chi connectivity index (χ0) is 22.2. The molecule has 2 aliphatic rings. The second kappa shape index (κ2) is 8.48. The molecule has 0 saturated carbocycles. The Balaban J connectivity index is 1.54. The van der Waals surface area contributed by atoms with E-state index in [1.54, 1.807) is 6.20 Å². The van der Waals surface area contributed by atoms with Crippen molar-refractivity contribution in [1.29, 1.82) is 0 Å². The summed E-state index contributed by atoms with van der Waals surface area (Å²) in [5, 5.41) is 0.623. The fourth-order valence-corrected chi connectivity index (χ4v) is 5.55. The summed E-state index contributed by atoms with van der Waals surface area (Å²) in [7, 11) is -3.23. The number of rotatable bonds is 4. The van der Waals surface area contributed by atoms with Crippen LogP contribution >= 0.6 is 11.6 Å². The van der Waals surface area contributed by atoms with Gasteiger partial charge in [0.2, 0.25) is 15.9 Å². The van der Waals surface area contributed by atoms with Crippen molar-refractivity contribution >= 4 is 27.5 Å². The number of sulfonamides is 1. The van der Waals surface area contributed by atoms with Crippen molar-refractivity contribution < 1.29 is 13.2 Å². The van der Waals surface area contributed by atoms with Gasteiger partial charge in [-0.1, -0.05) is 30.7 Å². The Kier molecular flexibility index (Phi) is 6.07. The maximum absolute atomic E-state index is 13.6. The first-order valence-electron chi connectivity index (χ1n) is 10.5. The monoisotopic (exact) mass is 462 g/mol. The van der Waals surface area contributed by atoms with Crippen molar-refractivity contribution in [1.82, 2.24) is 19.2 Å². The van der Waals surface area contributed by atoms with E-state index >= 15 is 0 Å². The Labute approximate surface area is 188 Å². The molecule has 0 bridgehead atoms. The molecule has 3 heterocycles. The third-order valence-corrected chi connectivity index (χ3v) is 7.96. The van der Waals surface area contributed by atoms with E-state index in [0.29, 0.717) is 43.3 Å². The molecule has 0 radical (unpaired) electrons. The van der Waals surface area contributed by atoms with Crippen LogP contribution in [0.25, 0.3) is 11.4 Å². The van der Waals surface area contributed by atoms with Crippen molar-refractivity contribution in [2.75, 3.05) is 25.9 Å². The summed E-state index contributed by atoms with van der Waals surface area (Å²) in [5.41, 5.74) is 1.10. The standard InChI is InChI=1S/C22H27ClN4O3S/c1-22(9-13-26(14-10-22)31(2,29)30)21(28)27-12-4-7-19(27)18-8-11-24-20(25-18)16-5-3-6-17(23)15-16/h3,5-6,8,11,15,19H,4,7,9-10,12-14H2,1-2H3/t19-/m1/s1. The molecule has 1 aromatic heterocycles. The van der Waals surface area contributed by atoms with E-state index in [1.165, 1.54) is 10.6 Å². The summed E-state index contributed by atoms with van der Waals surface area (Å²) in [5.74, 6) is 0.679. The fraction of sp³-hybridized carbons (Fsp3) is 0.500. The summed E-state index contributed by atoms with van der Waals surface area (Å²) in [6.07, 6.45) is 5.77. The molecule has 31 heavy (non-hydrogen) atoms. The third kappa shape index (κ3) is 4.61. The molecule has 9 heteroatoms. The summed E-state index contributed by atoms with van der Waals surface area (Å²) >= 11 is 6.12. The van der Waals surface area contributed by atoms with Gasteiger partial charge in [-0.2, -0.15) is 0 Å². The van der Waals surface area contributed by atoms with E-state index in [1.807, 2.05) is 42.2 Å². The molecular weight excluding hydrogens is 436 g/mol. The van der Waals surface area contributed by atoms with Crippen LogP contribution < -0.4 is 0 Å². The lowest BCUT2D eigenvalue weighted by molar-refractivity contribution is -0.144. The number of halogens is 1. The van der Waals surface area contributed by atoms with Gasteiger partial charge in [-0.05, 0) is 43.9 Å². The van der Waals surface area contributed by atoms with Crippen LogP contribution in [0.5, 0.6) is 0 Å². The van der Waals surface area contributed by atoms with Gasteiger partial charge in [-0.3, -0.25) is 4.79 Å². The van der Waals surface area contributed by atoms with Crippen molar-refractivity contribution in [3.8, 4) is 11.4 Å². The summed E-state index contributed by atoms with van der Waals surface area (Å²) in [4.78, 5) is 24.6. The second-order valence-electron chi connectivity index (χ2n) is 8.69. The molecule has 0 aliphatic carbocycles. The van der Waals surface area contributed by atoms with E-state index in [9.17, 15) is 13.2 Å². The van der Waals surface area contributed by atoms with Crippen LogP contribution in [0.15, 0.2) is 36.5 Å². The lowest BCUT2D eigenvalue weighted by Gasteiger charge is -2.40. The molecule has 7 nitrogen and oxygen atoms in total. The molecule has 2 saturated heterocycles. The van der Waals surface area contributed by atoms with Crippen LogP contribution in [0.3, 0.4) is 0 Å². The minimum atomic E-state index is -3.23. The van der Waals surface area contributed by atoms with Crippen molar-refractivity contribution in [3.63, 3.8) is 0 Å². The maximum atomic E-state index is 13.6. The molecule has 0 N–H and O–H groups in total. The van der Waals surface area contributed by atoms with Gasteiger partial charge in [-0.25, -0.2) is 22.7 Å². The average molecular weight is 463 g/mol. The fourth-order valence-electron chi connectivity index (χ4n) is 4.51. The van der Waals surface area contributed by atoms with Crippen LogP contribution in [-0.4, -0.2) is 59.4 Å². The largest absolute Gasteiger partial charge is 0.334 e. The highest BCUT2D eigenvalue weighted by molar-refractivity contribution is 7.88. The summed E-state index contributed by atoms with van der Waals surface area (Å²) < 4.78 is 25.1. The Morgan fingerprint density at radius 3 is 2.61 bits per heavy atom. The van der Waals surface area contributed by atoms with E-state index in [2.05, 4.69) is 4.98 Å². The highest BCUT2D eigenvalue weighted by Crippen LogP contribution is 2.40. The number of nitrogens with zero attached hydrogens (tertiary/aromatic N) is 4. The van der Waals surface area contributed by atoms with Crippen molar-refractivity contribution in [2.24, 2.45) is 5.41 Å². The summed E-state index contributed by atoms with van der Waals surface area (Å²) in [6.45, 7) is 3.41. The lowest BCUT2D eigenvalue weighted by Crippen LogP contribution is -2.49. The molecule has 1 aromatic carbocycles. The number of hydrogen-bond acceptors (Lipinski definition) is 5. The number of hydrogen-bond donors (Lipinski definition) is 0. The van der Waals surface area contributed by atoms with Gasteiger partial charge in [0.05, 0.1) is 18.0 Å². The first kappa shape index (κ1) is 22.2. The molecule has 0 unspecified atom stereocenters. The minimum Gasteiger partial charge on any atom is -0.334 e. The van der Waals surface area contributed by atoms with Crippen LogP contribution in [0.4, 0.5) is 0 Å². The van der Waals surface area contributed by atoms with Gasteiger partial charge in [0.1, 0.15) is 0 Å². The van der Waals surface area contributed by atoms with Crippen LogP contribution in [-0.2, 0) is 14.8 Å². The molecule has 2 fully saturated rings. The number of amides is 1. The highest BCUT2D eigenvalue weighted by atomic mass is 35.5. The SMILES string of the molecule is CC1(C(=O)N2CCC[C@@H]2c2ccnc(-c3cccc(Cl)c3)n2)CCN(S(C)(=O)=O)CC1. The zero-order valence-electron chi connectivity index (χ0n) is 17.8. The van der Waals surface area contributed by atoms with Crippen LogP contribution in [0.2, 0.25) is 5.02 Å². The lowest BCUT2D eigenvalue weighted by atomic mass is 9.79. The minimum absolute atomic E-state index is 0.0890. The van der Waals surface area contributed by atoms with Crippen molar-refractivity contribution in [3.05, 3.63) is 47.2 Å². The predicted octanol–water partition coefficient (Wildman–Crippen LogP) is 3.52. The number of likely N-dealkylation sites (tertiary alicyclic amines) is 1. The Morgan fingerprint density at radius 1 is 1.19 bits per heavy atom. The van der Waals surface area contributed by atoms with Gasteiger partial charge < -0.3 is 4.90 Å². The molecule has 166 valence electrons. The molecular formula is C22H27ClN4O3S. The molecule has 1 atom stereocenters. The molecule has 1 amide bonds. The van der Waals surface area contributed by atoms with Gasteiger partial charge in [0.15, 0.2) is 5.82 Å². The number of carbonyl (C=O) groups excluding carboxylic acids is 1. The Morgan fingerprint density at radius 2 is 1.94 bits per heavy atom. The first-order chi connectivity index (χ1) is 14.7. The summed E-state index contributed by atoms with van der Waals surface area (Å²) in [6, 6.07) is 9.19. The number of benzene rings is 1. The third-order valence-electron chi connectivity index (χ3n) is 6.43. The molecule has 2 aromatic rings. The van der Waals surface area contributed by atoms with E-state index in [0.717, 1.165) is 24.1 Å². The number of piperidine rings is 1. The molecule has 4 rings (SSSR count). The topological polar surface area (TPSA) is 83.5 Å². The zero-order valence-corrected chi connectivity index (χ0v) is 19.4. The number of aromatic nitrogens is 2. The van der Waals surface area contributed by atoms with E-state index < -0.39 is 15.4 Å². The van der Waals surface area contributed by atoms with Crippen molar-refractivity contribution in [2.45, 2.75) is 38.6 Å². The first-order valence-corrected chi connectivity index (χ1v) is 12.8. The van der Waals surface area contributed by atoms with E-state index in [-0.39, 0.29) is 11.9 Å². The van der Waals surface area contributed by atoms with Gasteiger partial charge in [0.25, 0.3) is 0 Å². The maximum Gasteiger partial charge on any atom is 0.229 e. The Hall–Kier alpha value is -2.03. The molecule has 2 aliphatic heterocycles. The highest BCUT2D eigenvalue weighted by Gasteiger charge is 2.44. The predicted molar refractivity (Wildman–Crippen MR) is 120 cm³/mol. The quantitative estimate of drug-likeness (QED) is 0.694. The van der Waals surface area contributed by atoms with Crippen LogP contribution in [0.1, 0.15) is 44.3 Å². The van der Waals surface area contributed by atoms with Gasteiger partial charge >= 0.3 is 0 Å². The second-order valence-corrected chi connectivity index (χ2v) is 11.1. The van der Waals surface area contributed by atoms with E-state index in [4.69, 9.17) is 16.6 Å². The smallest absolute Gasteiger partial charge is 0.229 e. The Bertz CT molecular complexity index is 1080. The average Bonchev–Trinajstić information content (AvgIpc) is 3.23. The number of carbonyl (C=O) groups is 1. The van der Waals surface area contributed by atoms with Gasteiger partial charge in [0, 0.05) is 41.8 Å². The van der Waals surface area contributed by atoms with Crippen LogP contribution in [0, 0.1) is 5.41 Å².